The summed E-state index contributed by atoms with van der Waals surface area (Å²) in [6.07, 6.45) is 0. The zero-order chi connectivity index (χ0) is 13.8. The number of hydrogen-bond acceptors (Lipinski definition) is 3. The fourth-order valence-corrected chi connectivity index (χ4v) is 2.17. The van der Waals surface area contributed by atoms with E-state index in [9.17, 15) is 10.0 Å². The van der Waals surface area contributed by atoms with E-state index in [1.54, 1.807) is 0 Å². The van der Waals surface area contributed by atoms with Crippen LogP contribution < -0.4 is 10.2 Å². The molecule has 0 aliphatic heterocycles. The summed E-state index contributed by atoms with van der Waals surface area (Å²) in [6.45, 7) is 4.19. The minimum absolute atomic E-state index is 0.501. The van der Waals surface area contributed by atoms with E-state index in [2.05, 4.69) is 0 Å². The molecular weight excluding hydrogens is 239 g/mol. The van der Waals surface area contributed by atoms with Crippen LogP contribution in [0.5, 0.6) is 5.75 Å². The van der Waals surface area contributed by atoms with E-state index >= 15 is 0 Å². The molecule has 2 rings (SSSR count). The molecular formula is C15H17BO3. The normalized spacial score (nSPS) is 10.3. The Balaban J connectivity index is 2.14. The van der Waals surface area contributed by atoms with Gasteiger partial charge in [-0.15, -0.1) is 0 Å². The van der Waals surface area contributed by atoms with Crippen molar-refractivity contribution in [1.82, 2.24) is 0 Å². The lowest BCUT2D eigenvalue weighted by Gasteiger charge is -2.13. The Morgan fingerprint density at radius 3 is 2.11 bits per heavy atom. The number of rotatable bonds is 4. The van der Waals surface area contributed by atoms with Crippen molar-refractivity contribution < 1.29 is 14.8 Å². The third-order valence-corrected chi connectivity index (χ3v) is 3.07. The second-order valence-corrected chi connectivity index (χ2v) is 4.62. The topological polar surface area (TPSA) is 49.7 Å². The summed E-state index contributed by atoms with van der Waals surface area (Å²) in [4.78, 5) is 0. The molecule has 0 amide bonds. The molecule has 0 saturated carbocycles. The van der Waals surface area contributed by atoms with Gasteiger partial charge in [0.1, 0.15) is 12.4 Å². The molecule has 2 N–H and O–H groups in total. The van der Waals surface area contributed by atoms with Crippen LogP contribution in [0.25, 0.3) is 0 Å². The average Bonchev–Trinajstić information content (AvgIpc) is 2.36. The molecule has 3 nitrogen and oxygen atoms in total. The highest BCUT2D eigenvalue weighted by atomic mass is 16.5. The highest BCUT2D eigenvalue weighted by Crippen LogP contribution is 2.16. The minimum Gasteiger partial charge on any atom is -0.489 e. The standard InChI is InChI=1S/C15H17BO3/c1-11-8-14(9-12(2)15(11)16(17)18)19-10-13-6-4-3-5-7-13/h3-9,17-18H,10H2,1-2H3. The lowest BCUT2D eigenvalue weighted by atomic mass is 9.74. The SMILES string of the molecule is Cc1cc(OCc2ccccc2)cc(C)c1B(O)O. The second-order valence-electron chi connectivity index (χ2n) is 4.62. The average molecular weight is 256 g/mol. The molecule has 0 fully saturated rings. The van der Waals surface area contributed by atoms with Crippen molar-refractivity contribution in [2.45, 2.75) is 20.5 Å². The van der Waals surface area contributed by atoms with Crippen LogP contribution in [-0.4, -0.2) is 17.2 Å². The van der Waals surface area contributed by atoms with Crippen LogP contribution in [0.1, 0.15) is 16.7 Å². The van der Waals surface area contributed by atoms with Crippen LogP contribution in [0.3, 0.4) is 0 Å². The van der Waals surface area contributed by atoms with E-state index < -0.39 is 7.12 Å². The minimum atomic E-state index is -1.44. The lowest BCUT2D eigenvalue weighted by molar-refractivity contribution is 0.306. The molecule has 0 aromatic heterocycles. The van der Waals surface area contributed by atoms with Crippen molar-refractivity contribution in [2.24, 2.45) is 0 Å². The fraction of sp³-hybridized carbons (Fsp3) is 0.200. The Morgan fingerprint density at radius 1 is 1.00 bits per heavy atom. The summed E-state index contributed by atoms with van der Waals surface area (Å²) in [7, 11) is -1.44. The third-order valence-electron chi connectivity index (χ3n) is 3.07. The van der Waals surface area contributed by atoms with E-state index in [1.165, 1.54) is 0 Å². The Labute approximate surface area is 113 Å². The van der Waals surface area contributed by atoms with Crippen molar-refractivity contribution in [3.63, 3.8) is 0 Å². The van der Waals surface area contributed by atoms with Gasteiger partial charge in [0.25, 0.3) is 0 Å². The summed E-state index contributed by atoms with van der Waals surface area (Å²) >= 11 is 0. The quantitative estimate of drug-likeness (QED) is 0.816. The van der Waals surface area contributed by atoms with Crippen molar-refractivity contribution >= 4 is 12.6 Å². The Morgan fingerprint density at radius 2 is 1.58 bits per heavy atom. The zero-order valence-corrected chi connectivity index (χ0v) is 11.1. The summed E-state index contributed by atoms with van der Waals surface area (Å²) < 4.78 is 5.73. The molecule has 2 aromatic rings. The van der Waals surface area contributed by atoms with Crippen molar-refractivity contribution in [3.8, 4) is 5.75 Å². The first kappa shape index (κ1) is 13.7. The predicted molar refractivity (Wildman–Crippen MR) is 76.5 cm³/mol. The van der Waals surface area contributed by atoms with Gasteiger partial charge in [-0.05, 0) is 48.1 Å². The van der Waals surface area contributed by atoms with Crippen LogP contribution in [0, 0.1) is 13.8 Å². The van der Waals surface area contributed by atoms with E-state index in [4.69, 9.17) is 4.74 Å². The van der Waals surface area contributed by atoms with Gasteiger partial charge in [-0.25, -0.2) is 0 Å². The largest absolute Gasteiger partial charge is 0.489 e. The first-order valence-electron chi connectivity index (χ1n) is 6.22. The molecule has 0 aliphatic carbocycles. The van der Waals surface area contributed by atoms with Crippen LogP contribution in [0.2, 0.25) is 0 Å². The third kappa shape index (κ3) is 3.37. The molecule has 0 heterocycles. The Bertz CT molecular complexity index is 530. The van der Waals surface area contributed by atoms with Gasteiger partial charge < -0.3 is 14.8 Å². The summed E-state index contributed by atoms with van der Waals surface area (Å²) in [6, 6.07) is 13.6. The highest BCUT2D eigenvalue weighted by Gasteiger charge is 2.17. The van der Waals surface area contributed by atoms with Gasteiger partial charge >= 0.3 is 7.12 Å². The molecule has 0 spiro atoms. The number of hydrogen-bond donors (Lipinski definition) is 2. The lowest BCUT2D eigenvalue weighted by Crippen LogP contribution is -2.34. The van der Waals surface area contributed by atoms with Gasteiger partial charge in [0.2, 0.25) is 0 Å². The fourth-order valence-electron chi connectivity index (χ4n) is 2.17. The first-order chi connectivity index (χ1) is 9.08. The maximum atomic E-state index is 9.30. The van der Waals surface area contributed by atoms with Crippen LogP contribution in [0.15, 0.2) is 42.5 Å². The van der Waals surface area contributed by atoms with Gasteiger partial charge in [-0.3, -0.25) is 0 Å². The zero-order valence-electron chi connectivity index (χ0n) is 11.1. The van der Waals surface area contributed by atoms with Crippen molar-refractivity contribution in [2.75, 3.05) is 0 Å². The van der Waals surface area contributed by atoms with Crippen LogP contribution in [-0.2, 0) is 6.61 Å². The predicted octanol–water partition coefficient (Wildman–Crippen LogP) is 1.56. The maximum absolute atomic E-state index is 9.30. The molecule has 0 bridgehead atoms. The van der Waals surface area contributed by atoms with Crippen molar-refractivity contribution in [3.05, 3.63) is 59.2 Å². The van der Waals surface area contributed by atoms with E-state index in [-0.39, 0.29) is 0 Å². The monoisotopic (exact) mass is 256 g/mol. The van der Waals surface area contributed by atoms with Crippen molar-refractivity contribution in [1.29, 1.82) is 0 Å². The van der Waals surface area contributed by atoms with Gasteiger partial charge in [-0.2, -0.15) is 0 Å². The molecule has 0 unspecified atom stereocenters. The molecule has 98 valence electrons. The van der Waals surface area contributed by atoms with Gasteiger partial charge in [0, 0.05) is 0 Å². The van der Waals surface area contributed by atoms with E-state index in [0.29, 0.717) is 12.1 Å². The summed E-state index contributed by atoms with van der Waals surface area (Å²) in [5, 5.41) is 18.6. The first-order valence-corrected chi connectivity index (χ1v) is 6.22. The Kier molecular flexibility index (Phi) is 4.25. The second kappa shape index (κ2) is 5.91. The number of benzene rings is 2. The van der Waals surface area contributed by atoms with E-state index in [1.807, 2.05) is 56.3 Å². The molecule has 4 heteroatoms. The molecule has 0 saturated heterocycles. The molecule has 0 aliphatic rings. The smallest absolute Gasteiger partial charge is 0.488 e. The highest BCUT2D eigenvalue weighted by molar-refractivity contribution is 6.59. The Hall–Kier alpha value is -1.78. The van der Waals surface area contributed by atoms with Gasteiger partial charge in [0.05, 0.1) is 0 Å². The molecule has 0 atom stereocenters. The van der Waals surface area contributed by atoms with Crippen LogP contribution >= 0.6 is 0 Å². The van der Waals surface area contributed by atoms with Crippen LogP contribution in [0.4, 0.5) is 0 Å². The molecule has 2 aromatic carbocycles. The molecule has 19 heavy (non-hydrogen) atoms. The molecule has 0 radical (unpaired) electrons. The van der Waals surface area contributed by atoms with Gasteiger partial charge in [0.15, 0.2) is 0 Å². The van der Waals surface area contributed by atoms with E-state index in [0.717, 1.165) is 22.4 Å². The number of aryl methyl sites for hydroxylation is 2. The maximum Gasteiger partial charge on any atom is 0.488 e. The summed E-state index contributed by atoms with van der Waals surface area (Å²) in [5.41, 5.74) is 3.28. The van der Waals surface area contributed by atoms with Gasteiger partial charge in [-0.1, -0.05) is 30.3 Å². The number of ether oxygens (including phenoxy) is 1. The summed E-state index contributed by atoms with van der Waals surface area (Å²) in [5.74, 6) is 0.739.